The van der Waals surface area contributed by atoms with Crippen molar-refractivity contribution in [3.05, 3.63) is 83.4 Å². The molecule has 0 aliphatic carbocycles. The van der Waals surface area contributed by atoms with Crippen LogP contribution in [0.2, 0.25) is 0 Å². The van der Waals surface area contributed by atoms with Crippen molar-refractivity contribution in [1.82, 2.24) is 10.2 Å². The highest BCUT2D eigenvalue weighted by Crippen LogP contribution is 2.11. The lowest BCUT2D eigenvalue weighted by Crippen LogP contribution is -2.15. The Labute approximate surface area is 149 Å². The summed E-state index contributed by atoms with van der Waals surface area (Å²) in [5.41, 5.74) is 0.941. The fraction of sp³-hybridized carbons (Fsp3) is 0.105. The molecule has 1 amide bonds. The fourth-order valence-corrected chi connectivity index (χ4v) is 2.31. The van der Waals surface area contributed by atoms with Crippen molar-refractivity contribution >= 4 is 17.5 Å². The van der Waals surface area contributed by atoms with Crippen molar-refractivity contribution in [3.8, 4) is 0 Å². The van der Waals surface area contributed by atoms with Crippen LogP contribution in [0.5, 0.6) is 0 Å². The lowest BCUT2D eigenvalue weighted by atomic mass is 10.1. The van der Waals surface area contributed by atoms with Gasteiger partial charge in [-0.3, -0.25) is 4.79 Å². The number of benzene rings is 2. The average molecular weight is 354 g/mol. The van der Waals surface area contributed by atoms with Gasteiger partial charge in [0.25, 0.3) is 5.91 Å². The van der Waals surface area contributed by atoms with Crippen LogP contribution in [0.15, 0.2) is 60.7 Å². The van der Waals surface area contributed by atoms with E-state index in [1.165, 1.54) is 30.3 Å². The highest BCUT2D eigenvalue weighted by Gasteiger charge is 2.11. The fourth-order valence-electron chi connectivity index (χ4n) is 2.31. The van der Waals surface area contributed by atoms with Crippen molar-refractivity contribution in [3.63, 3.8) is 0 Å². The van der Waals surface area contributed by atoms with E-state index in [1.807, 2.05) is 0 Å². The van der Waals surface area contributed by atoms with Gasteiger partial charge < -0.3 is 10.6 Å². The smallest absolute Gasteiger partial charge is 0.259 e. The maximum atomic E-state index is 13.6. The summed E-state index contributed by atoms with van der Waals surface area (Å²) in [6, 6.07) is 15.2. The Hall–Kier alpha value is -3.35. The van der Waals surface area contributed by atoms with Gasteiger partial charge in [-0.1, -0.05) is 24.3 Å². The topological polar surface area (TPSA) is 66.9 Å². The predicted octanol–water partition coefficient (Wildman–Crippen LogP) is 3.66. The van der Waals surface area contributed by atoms with Crippen LogP contribution in [-0.2, 0) is 6.42 Å². The highest BCUT2D eigenvalue weighted by atomic mass is 19.1. The summed E-state index contributed by atoms with van der Waals surface area (Å²) in [5, 5.41) is 13.4. The van der Waals surface area contributed by atoms with E-state index in [1.54, 1.807) is 30.3 Å². The zero-order valence-electron chi connectivity index (χ0n) is 13.7. The quantitative estimate of drug-likeness (QED) is 0.709. The van der Waals surface area contributed by atoms with Gasteiger partial charge in [0.2, 0.25) is 0 Å². The molecule has 7 heteroatoms. The minimum atomic E-state index is -0.600. The first-order chi connectivity index (χ1) is 12.6. The summed E-state index contributed by atoms with van der Waals surface area (Å²) >= 11 is 0. The van der Waals surface area contributed by atoms with Gasteiger partial charge in [-0.25, -0.2) is 8.78 Å². The molecule has 0 fully saturated rings. The number of hydrogen-bond acceptors (Lipinski definition) is 4. The first-order valence-electron chi connectivity index (χ1n) is 8.00. The molecule has 0 radical (unpaired) electrons. The maximum Gasteiger partial charge on any atom is 0.259 e. The van der Waals surface area contributed by atoms with Crippen LogP contribution < -0.4 is 10.6 Å². The number of hydrogen-bond donors (Lipinski definition) is 2. The summed E-state index contributed by atoms with van der Waals surface area (Å²) in [4.78, 5) is 12.0. The number of anilines is 2. The third kappa shape index (κ3) is 4.60. The van der Waals surface area contributed by atoms with Crippen LogP contribution in [0.1, 0.15) is 15.9 Å². The number of nitrogens with one attached hydrogen (secondary N) is 2. The molecule has 0 saturated heterocycles. The summed E-state index contributed by atoms with van der Waals surface area (Å²) in [5.74, 6) is -0.689. The molecule has 0 atom stereocenters. The Morgan fingerprint density at radius 2 is 1.58 bits per heavy atom. The molecule has 3 aromatic rings. The number of rotatable bonds is 6. The zero-order valence-corrected chi connectivity index (χ0v) is 13.7. The lowest BCUT2D eigenvalue weighted by molar-refractivity contribution is 0.102. The van der Waals surface area contributed by atoms with Gasteiger partial charge in [0.15, 0.2) is 5.82 Å². The van der Waals surface area contributed by atoms with E-state index in [2.05, 4.69) is 20.8 Å². The third-order valence-corrected chi connectivity index (χ3v) is 3.66. The monoisotopic (exact) mass is 354 g/mol. The van der Waals surface area contributed by atoms with Gasteiger partial charge >= 0.3 is 0 Å². The first kappa shape index (κ1) is 17.5. The molecule has 1 aromatic heterocycles. The number of halogens is 2. The molecular formula is C19H16F2N4O. The molecule has 1 heterocycles. The van der Waals surface area contributed by atoms with Crippen molar-refractivity contribution in [2.24, 2.45) is 0 Å². The molecule has 0 aliphatic rings. The SMILES string of the molecule is O=C(Nc1ccc(NCCc2ccc(F)cc2)nn1)c1ccccc1F. The average Bonchev–Trinajstić information content (AvgIpc) is 2.65. The molecule has 3 rings (SSSR count). The Bertz CT molecular complexity index is 883. The standard InChI is InChI=1S/C19H16F2N4O/c20-14-7-5-13(6-8-14)11-12-22-17-9-10-18(25-24-17)23-19(26)15-3-1-2-4-16(15)21/h1-10H,11-12H2,(H,22,24)(H,23,25,26). The molecule has 132 valence electrons. The van der Waals surface area contributed by atoms with Crippen LogP contribution in [0.3, 0.4) is 0 Å². The van der Waals surface area contributed by atoms with Gasteiger partial charge in [0.05, 0.1) is 5.56 Å². The number of carbonyl (C=O) groups is 1. The van der Waals surface area contributed by atoms with Crippen LogP contribution in [-0.4, -0.2) is 22.6 Å². The van der Waals surface area contributed by atoms with Crippen LogP contribution >= 0.6 is 0 Å². The second-order valence-electron chi connectivity index (χ2n) is 5.54. The van der Waals surface area contributed by atoms with Crippen molar-refractivity contribution < 1.29 is 13.6 Å². The van der Waals surface area contributed by atoms with E-state index >= 15 is 0 Å². The molecule has 5 nitrogen and oxygen atoms in total. The van der Waals surface area contributed by atoms with E-state index in [0.717, 1.165) is 5.56 Å². The Kier molecular flexibility index (Phi) is 5.48. The van der Waals surface area contributed by atoms with Crippen molar-refractivity contribution in [1.29, 1.82) is 0 Å². The van der Waals surface area contributed by atoms with E-state index in [-0.39, 0.29) is 17.2 Å². The van der Waals surface area contributed by atoms with Crippen LogP contribution in [0.4, 0.5) is 20.4 Å². The molecular weight excluding hydrogens is 338 g/mol. The second-order valence-corrected chi connectivity index (χ2v) is 5.54. The first-order valence-corrected chi connectivity index (χ1v) is 8.00. The van der Waals surface area contributed by atoms with Crippen LogP contribution in [0.25, 0.3) is 0 Å². The Balaban J connectivity index is 1.52. The van der Waals surface area contributed by atoms with E-state index in [0.29, 0.717) is 18.8 Å². The third-order valence-electron chi connectivity index (χ3n) is 3.66. The molecule has 26 heavy (non-hydrogen) atoms. The van der Waals surface area contributed by atoms with Gasteiger partial charge in [0.1, 0.15) is 17.5 Å². The molecule has 0 aliphatic heterocycles. The van der Waals surface area contributed by atoms with E-state index < -0.39 is 11.7 Å². The van der Waals surface area contributed by atoms with Gasteiger partial charge in [0, 0.05) is 6.54 Å². The number of amides is 1. The molecule has 0 spiro atoms. The number of aromatic nitrogens is 2. The van der Waals surface area contributed by atoms with Gasteiger partial charge in [-0.05, 0) is 48.4 Å². The summed E-state index contributed by atoms with van der Waals surface area (Å²) in [7, 11) is 0. The minimum Gasteiger partial charge on any atom is -0.368 e. The Morgan fingerprint density at radius 3 is 2.27 bits per heavy atom. The normalized spacial score (nSPS) is 10.4. The summed E-state index contributed by atoms with van der Waals surface area (Å²) in [6.07, 6.45) is 0.702. The number of carbonyl (C=O) groups excluding carboxylic acids is 1. The molecule has 0 bridgehead atoms. The van der Waals surface area contributed by atoms with Gasteiger partial charge in [-0.15, -0.1) is 10.2 Å². The maximum absolute atomic E-state index is 13.6. The minimum absolute atomic E-state index is 0.0594. The van der Waals surface area contributed by atoms with Crippen molar-refractivity contribution in [2.75, 3.05) is 17.2 Å². The summed E-state index contributed by atoms with van der Waals surface area (Å²) < 4.78 is 26.4. The second kappa shape index (κ2) is 8.15. The molecule has 0 saturated carbocycles. The predicted molar refractivity (Wildman–Crippen MR) is 95.0 cm³/mol. The number of nitrogens with zero attached hydrogens (tertiary/aromatic N) is 2. The zero-order chi connectivity index (χ0) is 18.4. The summed E-state index contributed by atoms with van der Waals surface area (Å²) in [6.45, 7) is 0.598. The molecule has 2 aromatic carbocycles. The lowest BCUT2D eigenvalue weighted by Gasteiger charge is -2.07. The highest BCUT2D eigenvalue weighted by molar-refractivity contribution is 6.03. The largest absolute Gasteiger partial charge is 0.368 e. The Morgan fingerprint density at radius 1 is 0.885 bits per heavy atom. The van der Waals surface area contributed by atoms with Gasteiger partial charge in [-0.2, -0.15) is 0 Å². The van der Waals surface area contributed by atoms with Crippen molar-refractivity contribution in [2.45, 2.75) is 6.42 Å². The van der Waals surface area contributed by atoms with E-state index in [9.17, 15) is 13.6 Å². The van der Waals surface area contributed by atoms with E-state index in [4.69, 9.17) is 0 Å². The molecule has 0 unspecified atom stereocenters. The van der Waals surface area contributed by atoms with Crippen LogP contribution in [0, 0.1) is 11.6 Å². The molecule has 2 N–H and O–H groups in total.